The first-order valence-corrected chi connectivity index (χ1v) is 7.90. The highest BCUT2D eigenvalue weighted by molar-refractivity contribution is 7.91. The molecule has 2 aromatic rings. The molecule has 7 heteroatoms. The standard InChI is InChI=1S/C12H11NO4S2/c13-19(14,15)12-9(6-8-4-2-1-3-5-8)10-11(18-12)17-7-16-10/h1-5H,6-7H2,(H2,13,14,15). The Morgan fingerprint density at radius 1 is 1.21 bits per heavy atom. The second kappa shape index (κ2) is 4.52. The van der Waals surface area contributed by atoms with Gasteiger partial charge in [0.1, 0.15) is 4.21 Å². The fraction of sp³-hybridized carbons (Fsp3) is 0.167. The largest absolute Gasteiger partial charge is 0.452 e. The molecule has 0 amide bonds. The SMILES string of the molecule is NS(=O)(=O)c1sc2c(c1Cc1ccccc1)OCO2. The van der Waals surface area contributed by atoms with Crippen molar-refractivity contribution in [1.29, 1.82) is 0 Å². The van der Waals surface area contributed by atoms with E-state index in [2.05, 4.69) is 0 Å². The number of hydrogen-bond acceptors (Lipinski definition) is 5. The van der Waals surface area contributed by atoms with Crippen molar-refractivity contribution in [2.24, 2.45) is 5.14 Å². The minimum Gasteiger partial charge on any atom is -0.452 e. The third kappa shape index (κ3) is 2.32. The number of benzene rings is 1. The van der Waals surface area contributed by atoms with Crippen LogP contribution < -0.4 is 14.6 Å². The van der Waals surface area contributed by atoms with Gasteiger partial charge in [0.15, 0.2) is 5.75 Å². The van der Waals surface area contributed by atoms with Crippen molar-refractivity contribution in [3.05, 3.63) is 41.5 Å². The van der Waals surface area contributed by atoms with Crippen LogP contribution in [-0.4, -0.2) is 15.2 Å². The maximum absolute atomic E-state index is 11.6. The molecule has 2 N–H and O–H groups in total. The van der Waals surface area contributed by atoms with Crippen molar-refractivity contribution >= 4 is 21.4 Å². The molecule has 5 nitrogen and oxygen atoms in total. The minimum absolute atomic E-state index is 0.112. The lowest BCUT2D eigenvalue weighted by Gasteiger charge is -2.04. The van der Waals surface area contributed by atoms with Crippen LogP contribution in [0.2, 0.25) is 0 Å². The molecule has 19 heavy (non-hydrogen) atoms. The van der Waals surface area contributed by atoms with E-state index in [1.807, 2.05) is 30.3 Å². The smallest absolute Gasteiger partial charge is 0.248 e. The highest BCUT2D eigenvalue weighted by Gasteiger charge is 2.30. The molecule has 0 saturated heterocycles. The summed E-state index contributed by atoms with van der Waals surface area (Å²) in [5.74, 6) is 0.498. The third-order valence-electron chi connectivity index (χ3n) is 2.77. The average Bonchev–Trinajstić information content (AvgIpc) is 2.92. The summed E-state index contributed by atoms with van der Waals surface area (Å²) in [6.45, 7) is 0.119. The molecule has 100 valence electrons. The number of thiophene rings is 1. The van der Waals surface area contributed by atoms with E-state index < -0.39 is 10.0 Å². The first-order valence-electron chi connectivity index (χ1n) is 5.53. The molecule has 1 aromatic heterocycles. The normalized spacial score (nSPS) is 13.7. The van der Waals surface area contributed by atoms with E-state index in [0.717, 1.165) is 16.9 Å². The van der Waals surface area contributed by atoms with Gasteiger partial charge in [0, 0.05) is 12.0 Å². The molecule has 2 heterocycles. The molecule has 3 rings (SSSR count). The number of hydrogen-bond donors (Lipinski definition) is 1. The van der Waals surface area contributed by atoms with Crippen LogP contribution in [0.15, 0.2) is 34.5 Å². The quantitative estimate of drug-likeness (QED) is 0.935. The zero-order valence-electron chi connectivity index (χ0n) is 9.83. The third-order valence-corrected chi connectivity index (χ3v) is 5.40. The van der Waals surface area contributed by atoms with Gasteiger partial charge in [-0.2, -0.15) is 0 Å². The van der Waals surface area contributed by atoms with E-state index >= 15 is 0 Å². The van der Waals surface area contributed by atoms with Crippen molar-refractivity contribution in [3.63, 3.8) is 0 Å². The van der Waals surface area contributed by atoms with Gasteiger partial charge in [-0.25, -0.2) is 13.6 Å². The lowest BCUT2D eigenvalue weighted by molar-refractivity contribution is 0.174. The van der Waals surface area contributed by atoms with Crippen molar-refractivity contribution in [1.82, 2.24) is 0 Å². The Balaban J connectivity index is 2.09. The topological polar surface area (TPSA) is 78.6 Å². The predicted molar refractivity (Wildman–Crippen MR) is 71.1 cm³/mol. The Bertz CT molecular complexity index is 707. The Hall–Kier alpha value is -1.57. The molecular formula is C12H11NO4S2. The summed E-state index contributed by atoms with van der Waals surface area (Å²) >= 11 is 1.01. The molecule has 1 aliphatic rings. The van der Waals surface area contributed by atoms with Crippen LogP contribution in [0.3, 0.4) is 0 Å². The van der Waals surface area contributed by atoms with Crippen LogP contribution in [0, 0.1) is 0 Å². The summed E-state index contributed by atoms with van der Waals surface area (Å²) in [5, 5.41) is 5.73. The Labute approximate surface area is 114 Å². The highest BCUT2D eigenvalue weighted by Crippen LogP contribution is 2.47. The van der Waals surface area contributed by atoms with Gasteiger partial charge in [0.2, 0.25) is 21.9 Å². The summed E-state index contributed by atoms with van der Waals surface area (Å²) in [4.78, 5) is 0. The van der Waals surface area contributed by atoms with Crippen LogP contribution in [-0.2, 0) is 16.4 Å². The summed E-state index contributed by atoms with van der Waals surface area (Å²) in [6.07, 6.45) is 0.446. The molecule has 0 saturated carbocycles. The van der Waals surface area contributed by atoms with Crippen molar-refractivity contribution < 1.29 is 17.9 Å². The average molecular weight is 297 g/mol. The number of nitrogens with two attached hydrogens (primary N) is 1. The lowest BCUT2D eigenvalue weighted by atomic mass is 10.1. The van der Waals surface area contributed by atoms with Crippen LogP contribution in [0.4, 0.5) is 0 Å². The number of sulfonamides is 1. The predicted octanol–water partition coefficient (Wildman–Crippen LogP) is 1.72. The fourth-order valence-corrected chi connectivity index (χ4v) is 4.01. The Kier molecular flexibility index (Phi) is 2.96. The van der Waals surface area contributed by atoms with Crippen LogP contribution in [0.25, 0.3) is 0 Å². The first-order chi connectivity index (χ1) is 9.05. The molecule has 0 spiro atoms. The molecule has 0 fully saturated rings. The van der Waals surface area contributed by atoms with E-state index in [9.17, 15) is 8.42 Å². The maximum Gasteiger partial charge on any atom is 0.248 e. The Morgan fingerprint density at radius 3 is 2.63 bits per heavy atom. The van der Waals surface area contributed by atoms with E-state index in [0.29, 0.717) is 22.8 Å². The van der Waals surface area contributed by atoms with Crippen molar-refractivity contribution in [2.75, 3.05) is 6.79 Å². The van der Waals surface area contributed by atoms with E-state index in [1.54, 1.807) is 0 Å². The lowest BCUT2D eigenvalue weighted by Crippen LogP contribution is -2.13. The van der Waals surface area contributed by atoms with Crippen molar-refractivity contribution in [2.45, 2.75) is 10.6 Å². The second-order valence-corrected chi connectivity index (χ2v) is 6.84. The summed E-state index contributed by atoms with van der Waals surface area (Å²) in [5.41, 5.74) is 1.56. The van der Waals surface area contributed by atoms with E-state index in [1.165, 1.54) is 0 Å². The molecule has 1 aromatic carbocycles. The molecule has 0 bridgehead atoms. The summed E-state index contributed by atoms with van der Waals surface area (Å²) in [7, 11) is -3.77. The van der Waals surface area contributed by atoms with Crippen molar-refractivity contribution in [3.8, 4) is 10.8 Å². The van der Waals surface area contributed by atoms with Gasteiger partial charge in [-0.1, -0.05) is 41.7 Å². The molecule has 0 radical (unpaired) electrons. The molecule has 0 atom stereocenters. The second-order valence-electron chi connectivity index (χ2n) is 4.10. The minimum atomic E-state index is -3.77. The van der Waals surface area contributed by atoms with Gasteiger partial charge >= 0.3 is 0 Å². The molecule has 0 aliphatic carbocycles. The van der Waals surface area contributed by atoms with Gasteiger partial charge < -0.3 is 9.47 Å². The van der Waals surface area contributed by atoms with Crippen LogP contribution >= 0.6 is 11.3 Å². The summed E-state index contributed by atoms with van der Waals surface area (Å²) < 4.78 is 33.9. The van der Waals surface area contributed by atoms with E-state index in [-0.39, 0.29) is 11.0 Å². The number of rotatable bonds is 3. The zero-order chi connectivity index (χ0) is 13.5. The maximum atomic E-state index is 11.6. The van der Waals surface area contributed by atoms with Crippen LogP contribution in [0.1, 0.15) is 11.1 Å². The van der Waals surface area contributed by atoms with E-state index in [4.69, 9.17) is 14.6 Å². The van der Waals surface area contributed by atoms with Gasteiger partial charge in [-0.15, -0.1) is 0 Å². The fourth-order valence-electron chi connectivity index (χ4n) is 1.97. The number of fused-ring (bicyclic) bond motifs is 1. The zero-order valence-corrected chi connectivity index (χ0v) is 11.5. The van der Waals surface area contributed by atoms with Gasteiger partial charge in [0.25, 0.3) is 0 Å². The van der Waals surface area contributed by atoms with Gasteiger partial charge in [-0.05, 0) is 5.56 Å². The molecular weight excluding hydrogens is 286 g/mol. The van der Waals surface area contributed by atoms with Crippen LogP contribution in [0.5, 0.6) is 10.8 Å². The highest BCUT2D eigenvalue weighted by atomic mass is 32.2. The first kappa shape index (κ1) is 12.5. The molecule has 0 unspecified atom stereocenters. The van der Waals surface area contributed by atoms with Gasteiger partial charge in [-0.3, -0.25) is 0 Å². The number of primary sulfonamides is 1. The van der Waals surface area contributed by atoms with Gasteiger partial charge in [0.05, 0.1) is 0 Å². The Morgan fingerprint density at radius 2 is 1.95 bits per heavy atom. The monoisotopic (exact) mass is 297 g/mol. The summed E-state index contributed by atoms with van der Waals surface area (Å²) in [6, 6.07) is 9.55. The molecule has 1 aliphatic heterocycles. The number of ether oxygens (including phenoxy) is 2.